The molecule has 15 heavy (non-hydrogen) atoms. The average molecular weight is 198 g/mol. The van der Waals surface area contributed by atoms with Gasteiger partial charge < -0.3 is 5.73 Å². The summed E-state index contributed by atoms with van der Waals surface area (Å²) < 4.78 is 0. The standard InChI is InChI=1S/C12H10N2O/c13-11-3-1-2-10(8-11)12(15)9-4-6-14-7-5-9/h1-8H,13H2. The average Bonchev–Trinajstić information content (AvgIpc) is 2.29. The van der Waals surface area contributed by atoms with Crippen LogP contribution in [0.2, 0.25) is 0 Å². The molecule has 0 bridgehead atoms. The number of carbonyl (C=O) groups excluding carboxylic acids is 1. The summed E-state index contributed by atoms with van der Waals surface area (Å²) in [5, 5.41) is 0. The summed E-state index contributed by atoms with van der Waals surface area (Å²) in [6.07, 6.45) is 3.19. The highest BCUT2D eigenvalue weighted by molar-refractivity contribution is 6.09. The molecule has 2 N–H and O–H groups in total. The molecular formula is C12H10N2O. The van der Waals surface area contributed by atoms with E-state index < -0.39 is 0 Å². The molecule has 3 heteroatoms. The minimum absolute atomic E-state index is 0.0373. The van der Waals surface area contributed by atoms with Crippen LogP contribution >= 0.6 is 0 Å². The largest absolute Gasteiger partial charge is 0.399 e. The van der Waals surface area contributed by atoms with E-state index in [9.17, 15) is 4.79 Å². The van der Waals surface area contributed by atoms with Crippen LogP contribution in [0.3, 0.4) is 0 Å². The van der Waals surface area contributed by atoms with E-state index in [0.717, 1.165) is 0 Å². The van der Waals surface area contributed by atoms with E-state index in [2.05, 4.69) is 4.98 Å². The third-order valence-corrected chi connectivity index (χ3v) is 2.09. The molecule has 0 spiro atoms. The van der Waals surface area contributed by atoms with Crippen molar-refractivity contribution in [1.82, 2.24) is 4.98 Å². The molecule has 0 unspecified atom stereocenters. The summed E-state index contributed by atoms with van der Waals surface area (Å²) in [7, 11) is 0. The van der Waals surface area contributed by atoms with Gasteiger partial charge in [-0.05, 0) is 24.3 Å². The first kappa shape index (κ1) is 9.40. The fraction of sp³-hybridized carbons (Fsp3) is 0. The summed E-state index contributed by atoms with van der Waals surface area (Å²) in [6, 6.07) is 10.3. The maximum atomic E-state index is 11.9. The third kappa shape index (κ3) is 2.02. The first-order valence-corrected chi connectivity index (χ1v) is 4.57. The molecule has 2 aromatic rings. The summed E-state index contributed by atoms with van der Waals surface area (Å²) in [4.78, 5) is 15.8. The summed E-state index contributed by atoms with van der Waals surface area (Å²) in [6.45, 7) is 0. The highest BCUT2D eigenvalue weighted by atomic mass is 16.1. The molecule has 0 aliphatic carbocycles. The first-order chi connectivity index (χ1) is 7.27. The number of carbonyl (C=O) groups is 1. The number of nitrogens with two attached hydrogens (primary N) is 1. The molecule has 0 fully saturated rings. The zero-order valence-corrected chi connectivity index (χ0v) is 8.05. The Morgan fingerprint density at radius 1 is 1.07 bits per heavy atom. The van der Waals surface area contributed by atoms with E-state index in [-0.39, 0.29) is 5.78 Å². The zero-order chi connectivity index (χ0) is 10.7. The Morgan fingerprint density at radius 3 is 2.47 bits per heavy atom. The minimum Gasteiger partial charge on any atom is -0.399 e. The summed E-state index contributed by atoms with van der Waals surface area (Å²) in [5.74, 6) is -0.0373. The molecule has 1 heterocycles. The van der Waals surface area contributed by atoms with Crippen LogP contribution in [0.4, 0.5) is 5.69 Å². The molecule has 0 amide bonds. The lowest BCUT2D eigenvalue weighted by atomic mass is 10.0. The molecule has 0 saturated carbocycles. The van der Waals surface area contributed by atoms with Gasteiger partial charge in [0.05, 0.1) is 0 Å². The Bertz CT molecular complexity index is 480. The number of nitrogens with zero attached hydrogens (tertiary/aromatic N) is 1. The normalized spacial score (nSPS) is 9.87. The van der Waals surface area contributed by atoms with Crippen LogP contribution in [0.25, 0.3) is 0 Å². The number of pyridine rings is 1. The van der Waals surface area contributed by atoms with Gasteiger partial charge in [0.15, 0.2) is 5.78 Å². The number of rotatable bonds is 2. The number of nitrogen functional groups attached to an aromatic ring is 1. The molecule has 2 rings (SSSR count). The van der Waals surface area contributed by atoms with E-state index >= 15 is 0 Å². The van der Waals surface area contributed by atoms with Crippen LogP contribution in [0.5, 0.6) is 0 Å². The molecule has 1 aromatic heterocycles. The van der Waals surface area contributed by atoms with E-state index in [4.69, 9.17) is 5.73 Å². The van der Waals surface area contributed by atoms with Gasteiger partial charge in [-0.15, -0.1) is 0 Å². The number of aromatic nitrogens is 1. The Labute approximate surface area is 87.6 Å². The predicted molar refractivity (Wildman–Crippen MR) is 58.5 cm³/mol. The highest BCUT2D eigenvalue weighted by Crippen LogP contribution is 2.11. The Morgan fingerprint density at radius 2 is 1.80 bits per heavy atom. The van der Waals surface area contributed by atoms with Crippen molar-refractivity contribution in [2.75, 3.05) is 5.73 Å². The molecule has 74 valence electrons. The smallest absolute Gasteiger partial charge is 0.193 e. The highest BCUT2D eigenvalue weighted by Gasteiger charge is 2.07. The van der Waals surface area contributed by atoms with Gasteiger partial charge >= 0.3 is 0 Å². The van der Waals surface area contributed by atoms with Crippen LogP contribution in [-0.4, -0.2) is 10.8 Å². The number of benzene rings is 1. The lowest BCUT2D eigenvalue weighted by Crippen LogP contribution is -2.01. The lowest BCUT2D eigenvalue weighted by Gasteiger charge is -2.01. The van der Waals surface area contributed by atoms with Gasteiger partial charge in [0.25, 0.3) is 0 Å². The second-order valence-electron chi connectivity index (χ2n) is 3.19. The summed E-state index contributed by atoms with van der Waals surface area (Å²) >= 11 is 0. The van der Waals surface area contributed by atoms with E-state index in [0.29, 0.717) is 16.8 Å². The molecule has 0 atom stereocenters. The Kier molecular flexibility index (Phi) is 2.46. The first-order valence-electron chi connectivity index (χ1n) is 4.57. The molecule has 1 aromatic carbocycles. The predicted octanol–water partition coefficient (Wildman–Crippen LogP) is 1.89. The van der Waals surface area contributed by atoms with Crippen LogP contribution < -0.4 is 5.73 Å². The SMILES string of the molecule is Nc1cccc(C(=O)c2ccncc2)c1. The quantitative estimate of drug-likeness (QED) is 0.592. The topological polar surface area (TPSA) is 56.0 Å². The van der Waals surface area contributed by atoms with Gasteiger partial charge in [-0.25, -0.2) is 0 Å². The fourth-order valence-electron chi connectivity index (χ4n) is 1.35. The van der Waals surface area contributed by atoms with Gasteiger partial charge in [0, 0.05) is 29.2 Å². The molecular weight excluding hydrogens is 188 g/mol. The van der Waals surface area contributed by atoms with Gasteiger partial charge in [-0.2, -0.15) is 0 Å². The van der Waals surface area contributed by atoms with Gasteiger partial charge in [-0.3, -0.25) is 9.78 Å². The van der Waals surface area contributed by atoms with Gasteiger partial charge in [-0.1, -0.05) is 12.1 Å². The lowest BCUT2D eigenvalue weighted by molar-refractivity contribution is 0.103. The maximum Gasteiger partial charge on any atom is 0.193 e. The van der Waals surface area contributed by atoms with Gasteiger partial charge in [0.2, 0.25) is 0 Å². The van der Waals surface area contributed by atoms with Crippen LogP contribution in [0, 0.1) is 0 Å². The number of hydrogen-bond acceptors (Lipinski definition) is 3. The third-order valence-electron chi connectivity index (χ3n) is 2.09. The fourth-order valence-corrected chi connectivity index (χ4v) is 1.35. The number of ketones is 1. The number of hydrogen-bond donors (Lipinski definition) is 1. The minimum atomic E-state index is -0.0373. The second-order valence-corrected chi connectivity index (χ2v) is 3.19. The summed E-state index contributed by atoms with van der Waals surface area (Å²) in [5.41, 5.74) is 7.42. The van der Waals surface area contributed by atoms with Crippen LogP contribution in [0.1, 0.15) is 15.9 Å². The van der Waals surface area contributed by atoms with Crippen molar-refractivity contribution in [1.29, 1.82) is 0 Å². The van der Waals surface area contributed by atoms with Crippen molar-refractivity contribution >= 4 is 11.5 Å². The van der Waals surface area contributed by atoms with Crippen molar-refractivity contribution in [2.45, 2.75) is 0 Å². The second kappa shape index (κ2) is 3.92. The molecule has 3 nitrogen and oxygen atoms in total. The number of anilines is 1. The Hall–Kier alpha value is -2.16. The van der Waals surface area contributed by atoms with Crippen LogP contribution in [-0.2, 0) is 0 Å². The van der Waals surface area contributed by atoms with Crippen molar-refractivity contribution in [3.8, 4) is 0 Å². The molecule has 0 aliphatic heterocycles. The van der Waals surface area contributed by atoms with E-state index in [1.54, 1.807) is 48.8 Å². The van der Waals surface area contributed by atoms with Crippen molar-refractivity contribution in [2.24, 2.45) is 0 Å². The van der Waals surface area contributed by atoms with Crippen molar-refractivity contribution < 1.29 is 4.79 Å². The molecule has 0 radical (unpaired) electrons. The molecule has 0 aliphatic rings. The van der Waals surface area contributed by atoms with E-state index in [1.807, 2.05) is 0 Å². The zero-order valence-electron chi connectivity index (χ0n) is 8.05. The van der Waals surface area contributed by atoms with Gasteiger partial charge in [0.1, 0.15) is 0 Å². The Balaban J connectivity index is 2.37. The molecule has 0 saturated heterocycles. The van der Waals surface area contributed by atoms with Crippen LogP contribution in [0.15, 0.2) is 48.8 Å². The monoisotopic (exact) mass is 198 g/mol. The maximum absolute atomic E-state index is 11.9. The van der Waals surface area contributed by atoms with Crippen molar-refractivity contribution in [3.05, 3.63) is 59.9 Å². The van der Waals surface area contributed by atoms with Crippen molar-refractivity contribution in [3.63, 3.8) is 0 Å². The van der Waals surface area contributed by atoms with E-state index in [1.165, 1.54) is 0 Å².